The van der Waals surface area contributed by atoms with E-state index in [0.717, 1.165) is 35.2 Å². The lowest BCUT2D eigenvalue weighted by Gasteiger charge is -2.51. The molecule has 2 nitrogen and oxygen atoms in total. The molecule has 4 saturated carbocycles. The third-order valence-corrected chi connectivity index (χ3v) is 5.47. The van der Waals surface area contributed by atoms with Gasteiger partial charge >= 0.3 is 0 Å². The second-order valence-electron chi connectivity index (χ2n) is 6.72. The third kappa shape index (κ3) is 2.11. The van der Waals surface area contributed by atoms with E-state index in [0.29, 0.717) is 0 Å². The van der Waals surface area contributed by atoms with Gasteiger partial charge in [0.25, 0.3) is 0 Å². The molecule has 0 unspecified atom stereocenters. The minimum atomic E-state index is 0.810. The van der Waals surface area contributed by atoms with Crippen molar-refractivity contribution in [2.75, 3.05) is 7.11 Å². The SMILES string of the molecule is COc1ccc(OC=C2C3CC4CC(C3)CC2C4)cc1. The van der Waals surface area contributed by atoms with Gasteiger partial charge in [0.2, 0.25) is 0 Å². The van der Waals surface area contributed by atoms with Crippen molar-refractivity contribution < 1.29 is 9.47 Å². The Balaban J connectivity index is 1.49. The van der Waals surface area contributed by atoms with E-state index < -0.39 is 0 Å². The van der Waals surface area contributed by atoms with Crippen molar-refractivity contribution in [2.45, 2.75) is 32.1 Å². The number of methoxy groups -OCH3 is 1. The van der Waals surface area contributed by atoms with Crippen LogP contribution in [0, 0.1) is 23.7 Å². The highest BCUT2D eigenvalue weighted by molar-refractivity contribution is 5.32. The van der Waals surface area contributed by atoms with E-state index >= 15 is 0 Å². The molecule has 1 aromatic carbocycles. The Morgan fingerprint density at radius 1 is 0.850 bits per heavy atom. The average molecular weight is 270 g/mol. The summed E-state index contributed by atoms with van der Waals surface area (Å²) in [6, 6.07) is 7.85. The van der Waals surface area contributed by atoms with E-state index in [-0.39, 0.29) is 0 Å². The molecule has 20 heavy (non-hydrogen) atoms. The van der Waals surface area contributed by atoms with E-state index in [4.69, 9.17) is 9.47 Å². The Kier molecular flexibility index (Phi) is 2.98. The molecule has 0 aliphatic heterocycles. The van der Waals surface area contributed by atoms with Crippen LogP contribution < -0.4 is 9.47 Å². The molecule has 0 aromatic heterocycles. The van der Waals surface area contributed by atoms with Gasteiger partial charge < -0.3 is 9.47 Å². The van der Waals surface area contributed by atoms with Crippen LogP contribution in [0.2, 0.25) is 0 Å². The molecule has 0 radical (unpaired) electrons. The van der Waals surface area contributed by atoms with Crippen molar-refractivity contribution in [1.29, 1.82) is 0 Å². The Morgan fingerprint density at radius 2 is 1.40 bits per heavy atom. The van der Waals surface area contributed by atoms with E-state index in [1.807, 2.05) is 24.3 Å². The van der Waals surface area contributed by atoms with Crippen LogP contribution in [0.5, 0.6) is 11.5 Å². The van der Waals surface area contributed by atoms with Crippen LogP contribution >= 0.6 is 0 Å². The van der Waals surface area contributed by atoms with Crippen molar-refractivity contribution in [3.05, 3.63) is 36.1 Å². The molecule has 4 aliphatic rings. The predicted octanol–water partition coefficient (Wildman–Crippen LogP) is 4.41. The summed E-state index contributed by atoms with van der Waals surface area (Å²) in [5, 5.41) is 0. The fourth-order valence-electron chi connectivity index (χ4n) is 4.71. The summed E-state index contributed by atoms with van der Waals surface area (Å²) in [4.78, 5) is 0. The Bertz CT molecular complexity index is 485. The second kappa shape index (κ2) is 4.83. The first-order valence-corrected chi connectivity index (χ1v) is 7.82. The van der Waals surface area contributed by atoms with E-state index in [1.165, 1.54) is 32.1 Å². The quantitative estimate of drug-likeness (QED) is 0.757. The summed E-state index contributed by atoms with van der Waals surface area (Å²) < 4.78 is 11.1. The van der Waals surface area contributed by atoms with Gasteiger partial charge in [-0.25, -0.2) is 0 Å². The molecule has 4 fully saturated rings. The summed E-state index contributed by atoms with van der Waals surface area (Å²) in [6.45, 7) is 0. The highest BCUT2D eigenvalue weighted by Gasteiger charge is 2.45. The largest absolute Gasteiger partial charge is 0.497 e. The number of hydrogen-bond acceptors (Lipinski definition) is 2. The van der Waals surface area contributed by atoms with E-state index in [9.17, 15) is 0 Å². The number of ether oxygens (including phenoxy) is 2. The fourth-order valence-corrected chi connectivity index (χ4v) is 4.71. The van der Waals surface area contributed by atoms with Crippen molar-refractivity contribution in [3.8, 4) is 11.5 Å². The van der Waals surface area contributed by atoms with Crippen LogP contribution in [-0.4, -0.2) is 7.11 Å². The summed E-state index contributed by atoms with van der Waals surface area (Å²) in [6.07, 6.45) is 9.19. The van der Waals surface area contributed by atoms with Crippen molar-refractivity contribution in [3.63, 3.8) is 0 Å². The lowest BCUT2D eigenvalue weighted by molar-refractivity contribution is 0.0669. The maximum Gasteiger partial charge on any atom is 0.126 e. The summed E-state index contributed by atoms with van der Waals surface area (Å²) in [5.74, 6) is 5.42. The van der Waals surface area contributed by atoms with Crippen LogP contribution in [0.1, 0.15) is 32.1 Å². The zero-order chi connectivity index (χ0) is 13.5. The molecular formula is C18H22O2. The predicted molar refractivity (Wildman–Crippen MR) is 78.8 cm³/mol. The van der Waals surface area contributed by atoms with Gasteiger partial charge in [0.1, 0.15) is 11.5 Å². The van der Waals surface area contributed by atoms with Crippen molar-refractivity contribution in [1.82, 2.24) is 0 Å². The first-order chi connectivity index (χ1) is 9.81. The highest BCUT2D eigenvalue weighted by Crippen LogP contribution is 2.56. The maximum atomic E-state index is 5.91. The first kappa shape index (κ1) is 12.3. The standard InChI is InChI=1S/C18H22O2/c1-19-16-2-4-17(5-3-16)20-11-18-14-7-12-6-13(9-14)10-15(18)8-12/h2-5,11-15H,6-10H2,1H3. The number of allylic oxidation sites excluding steroid dienone is 1. The monoisotopic (exact) mass is 270 g/mol. The lowest BCUT2D eigenvalue weighted by Crippen LogP contribution is -2.40. The fraction of sp³-hybridized carbons (Fsp3) is 0.556. The van der Waals surface area contributed by atoms with Crippen molar-refractivity contribution >= 4 is 0 Å². The first-order valence-electron chi connectivity index (χ1n) is 7.82. The molecule has 0 atom stereocenters. The van der Waals surface area contributed by atoms with Gasteiger partial charge in [0.15, 0.2) is 0 Å². The average Bonchev–Trinajstić information content (AvgIpc) is 2.46. The molecule has 1 aromatic rings. The van der Waals surface area contributed by atoms with Gasteiger partial charge in [0.05, 0.1) is 13.4 Å². The topological polar surface area (TPSA) is 18.5 Å². The molecule has 106 valence electrons. The van der Waals surface area contributed by atoms with Gasteiger partial charge in [-0.15, -0.1) is 0 Å². The molecule has 0 N–H and O–H groups in total. The maximum absolute atomic E-state index is 5.91. The third-order valence-electron chi connectivity index (χ3n) is 5.47. The van der Waals surface area contributed by atoms with Gasteiger partial charge in [-0.2, -0.15) is 0 Å². The normalized spacial score (nSPS) is 34.1. The molecule has 5 rings (SSSR count). The Labute approximate surface area is 120 Å². The summed E-state index contributed by atoms with van der Waals surface area (Å²) >= 11 is 0. The summed E-state index contributed by atoms with van der Waals surface area (Å²) in [7, 11) is 1.69. The molecule has 0 spiro atoms. The molecular weight excluding hydrogens is 248 g/mol. The zero-order valence-corrected chi connectivity index (χ0v) is 12.0. The number of benzene rings is 1. The van der Waals surface area contributed by atoms with Gasteiger partial charge in [-0.05, 0) is 85.6 Å². The van der Waals surface area contributed by atoms with Crippen LogP contribution in [0.15, 0.2) is 36.1 Å². The van der Waals surface area contributed by atoms with Gasteiger partial charge in [0, 0.05) is 0 Å². The van der Waals surface area contributed by atoms with Crippen molar-refractivity contribution in [2.24, 2.45) is 23.7 Å². The molecule has 0 amide bonds. The molecule has 4 bridgehead atoms. The molecule has 2 heteroatoms. The summed E-state index contributed by atoms with van der Waals surface area (Å²) in [5.41, 5.74) is 1.59. The minimum absolute atomic E-state index is 0.810. The van der Waals surface area contributed by atoms with Gasteiger partial charge in [-0.1, -0.05) is 0 Å². The number of hydrogen-bond donors (Lipinski definition) is 0. The smallest absolute Gasteiger partial charge is 0.126 e. The highest BCUT2D eigenvalue weighted by atomic mass is 16.5. The van der Waals surface area contributed by atoms with E-state index in [2.05, 4.69) is 6.26 Å². The molecule has 4 aliphatic carbocycles. The van der Waals surface area contributed by atoms with Crippen LogP contribution in [0.25, 0.3) is 0 Å². The zero-order valence-electron chi connectivity index (χ0n) is 12.0. The lowest BCUT2D eigenvalue weighted by atomic mass is 9.54. The van der Waals surface area contributed by atoms with Crippen LogP contribution in [0.4, 0.5) is 0 Å². The number of rotatable bonds is 3. The molecule has 0 heterocycles. The Morgan fingerprint density at radius 3 is 1.95 bits per heavy atom. The van der Waals surface area contributed by atoms with E-state index in [1.54, 1.807) is 12.7 Å². The van der Waals surface area contributed by atoms with Crippen LogP contribution in [0.3, 0.4) is 0 Å². The van der Waals surface area contributed by atoms with Gasteiger partial charge in [-0.3, -0.25) is 0 Å². The molecule has 0 saturated heterocycles. The Hall–Kier alpha value is -1.44. The second-order valence-corrected chi connectivity index (χ2v) is 6.72. The van der Waals surface area contributed by atoms with Crippen LogP contribution in [-0.2, 0) is 0 Å². The minimum Gasteiger partial charge on any atom is -0.497 e.